The van der Waals surface area contributed by atoms with Gasteiger partial charge in [-0.25, -0.2) is 4.98 Å². The maximum absolute atomic E-state index is 11.2. The number of rotatable bonds is 2. The van der Waals surface area contributed by atoms with E-state index >= 15 is 0 Å². The van der Waals surface area contributed by atoms with Crippen LogP contribution in [0.5, 0.6) is 0 Å². The Labute approximate surface area is 91.2 Å². The molecule has 1 aromatic heterocycles. The van der Waals surface area contributed by atoms with Crippen LogP contribution in [-0.4, -0.2) is 38.8 Å². The molecule has 0 aromatic carbocycles. The van der Waals surface area contributed by atoms with Crippen LogP contribution in [0, 0.1) is 0 Å². The molecule has 2 N–H and O–H groups in total. The van der Waals surface area contributed by atoms with Crippen LogP contribution in [0.25, 0.3) is 0 Å². The standard InChI is InChI=1S/C9H14N4OS/c10-5-8-6-11-7-9(12-8)13-1-3-15(14)4-2-13/h6-7H,1-5,10H2. The fourth-order valence-corrected chi connectivity index (χ4v) is 2.56. The molecule has 0 radical (unpaired) electrons. The zero-order chi connectivity index (χ0) is 10.7. The lowest BCUT2D eigenvalue weighted by Crippen LogP contribution is -2.38. The van der Waals surface area contributed by atoms with Gasteiger partial charge in [-0.15, -0.1) is 0 Å². The summed E-state index contributed by atoms with van der Waals surface area (Å²) in [5.74, 6) is 2.28. The van der Waals surface area contributed by atoms with E-state index < -0.39 is 10.8 Å². The number of hydrogen-bond acceptors (Lipinski definition) is 5. The molecule has 2 rings (SSSR count). The molecular weight excluding hydrogens is 212 g/mol. The van der Waals surface area contributed by atoms with Crippen molar-refractivity contribution < 1.29 is 4.21 Å². The number of anilines is 1. The van der Waals surface area contributed by atoms with E-state index in [4.69, 9.17) is 5.73 Å². The Balaban J connectivity index is 2.11. The third-order valence-corrected chi connectivity index (χ3v) is 3.66. The summed E-state index contributed by atoms with van der Waals surface area (Å²) >= 11 is 0. The van der Waals surface area contributed by atoms with Gasteiger partial charge in [0.1, 0.15) is 5.82 Å². The summed E-state index contributed by atoms with van der Waals surface area (Å²) in [6.07, 6.45) is 3.40. The third-order valence-electron chi connectivity index (χ3n) is 2.38. The molecule has 2 heterocycles. The van der Waals surface area contributed by atoms with Gasteiger partial charge in [0.05, 0.1) is 11.9 Å². The SMILES string of the molecule is NCc1cncc(N2CCS(=O)CC2)n1. The Morgan fingerprint density at radius 1 is 1.40 bits per heavy atom. The summed E-state index contributed by atoms with van der Waals surface area (Å²) in [5.41, 5.74) is 6.29. The minimum absolute atomic E-state index is 0.403. The van der Waals surface area contributed by atoms with Crippen molar-refractivity contribution in [3.8, 4) is 0 Å². The van der Waals surface area contributed by atoms with E-state index in [1.165, 1.54) is 0 Å². The maximum Gasteiger partial charge on any atom is 0.147 e. The first-order chi connectivity index (χ1) is 7.29. The fraction of sp³-hybridized carbons (Fsp3) is 0.556. The molecule has 0 amide bonds. The lowest BCUT2D eigenvalue weighted by molar-refractivity contribution is 0.672. The van der Waals surface area contributed by atoms with Crippen LogP contribution in [0.2, 0.25) is 0 Å². The molecule has 1 aliphatic heterocycles. The van der Waals surface area contributed by atoms with Crippen molar-refractivity contribution in [1.82, 2.24) is 9.97 Å². The molecule has 1 saturated heterocycles. The number of nitrogens with two attached hydrogens (primary N) is 1. The normalized spacial score (nSPS) is 18.1. The van der Waals surface area contributed by atoms with Gasteiger partial charge < -0.3 is 10.6 Å². The predicted octanol–water partition coefficient (Wildman–Crippen LogP) is -0.496. The quantitative estimate of drug-likeness (QED) is 0.736. The van der Waals surface area contributed by atoms with Crippen molar-refractivity contribution in [2.24, 2.45) is 5.73 Å². The largest absolute Gasteiger partial charge is 0.353 e. The summed E-state index contributed by atoms with van der Waals surface area (Å²) in [4.78, 5) is 10.6. The fourth-order valence-electron chi connectivity index (χ4n) is 1.51. The zero-order valence-electron chi connectivity index (χ0n) is 8.43. The molecule has 82 valence electrons. The molecule has 1 aromatic rings. The van der Waals surface area contributed by atoms with Crippen LogP contribution < -0.4 is 10.6 Å². The Morgan fingerprint density at radius 2 is 2.13 bits per heavy atom. The highest BCUT2D eigenvalue weighted by atomic mass is 32.2. The highest BCUT2D eigenvalue weighted by Gasteiger charge is 2.16. The number of aromatic nitrogens is 2. The van der Waals surface area contributed by atoms with Gasteiger partial charge in [0.25, 0.3) is 0 Å². The summed E-state index contributed by atoms with van der Waals surface area (Å²) in [6, 6.07) is 0. The molecular formula is C9H14N4OS. The van der Waals surface area contributed by atoms with E-state index in [0.717, 1.165) is 24.6 Å². The Hall–Kier alpha value is -1.01. The second-order valence-electron chi connectivity index (χ2n) is 3.41. The molecule has 1 fully saturated rings. The van der Waals surface area contributed by atoms with Crippen LogP contribution in [0.3, 0.4) is 0 Å². The summed E-state index contributed by atoms with van der Waals surface area (Å²) in [6.45, 7) is 1.98. The van der Waals surface area contributed by atoms with E-state index in [1.807, 2.05) is 0 Å². The molecule has 0 atom stereocenters. The second kappa shape index (κ2) is 4.67. The first kappa shape index (κ1) is 10.5. The maximum atomic E-state index is 11.2. The van der Waals surface area contributed by atoms with Gasteiger partial charge in [0.15, 0.2) is 0 Å². The monoisotopic (exact) mass is 226 g/mol. The van der Waals surface area contributed by atoms with Crippen molar-refractivity contribution >= 4 is 16.6 Å². The van der Waals surface area contributed by atoms with Crippen molar-refractivity contribution in [2.75, 3.05) is 29.5 Å². The van der Waals surface area contributed by atoms with Crippen molar-refractivity contribution in [3.05, 3.63) is 18.1 Å². The van der Waals surface area contributed by atoms with E-state index in [0.29, 0.717) is 18.1 Å². The van der Waals surface area contributed by atoms with Crippen molar-refractivity contribution in [3.63, 3.8) is 0 Å². The first-order valence-corrected chi connectivity index (χ1v) is 6.39. The molecule has 0 unspecified atom stereocenters. The molecule has 5 nitrogen and oxygen atoms in total. The van der Waals surface area contributed by atoms with E-state index in [-0.39, 0.29) is 0 Å². The van der Waals surface area contributed by atoms with Gasteiger partial charge in [-0.05, 0) is 0 Å². The number of hydrogen-bond donors (Lipinski definition) is 1. The average Bonchev–Trinajstić information content (AvgIpc) is 2.30. The zero-order valence-corrected chi connectivity index (χ0v) is 9.24. The minimum Gasteiger partial charge on any atom is -0.353 e. The van der Waals surface area contributed by atoms with Crippen LogP contribution in [0.1, 0.15) is 5.69 Å². The van der Waals surface area contributed by atoms with E-state index in [2.05, 4.69) is 14.9 Å². The average molecular weight is 226 g/mol. The third kappa shape index (κ3) is 2.51. The van der Waals surface area contributed by atoms with Gasteiger partial charge in [0.2, 0.25) is 0 Å². The molecule has 0 aliphatic carbocycles. The molecule has 0 saturated carbocycles. The Kier molecular flexibility index (Phi) is 3.27. The molecule has 1 aliphatic rings. The van der Waals surface area contributed by atoms with Gasteiger partial charge in [-0.3, -0.25) is 9.19 Å². The molecule has 15 heavy (non-hydrogen) atoms. The lowest BCUT2D eigenvalue weighted by Gasteiger charge is -2.27. The van der Waals surface area contributed by atoms with Gasteiger partial charge in [0, 0.05) is 48.1 Å². The highest BCUT2D eigenvalue weighted by Crippen LogP contribution is 2.12. The van der Waals surface area contributed by atoms with Gasteiger partial charge in [-0.2, -0.15) is 0 Å². The van der Waals surface area contributed by atoms with Crippen LogP contribution >= 0.6 is 0 Å². The van der Waals surface area contributed by atoms with Crippen molar-refractivity contribution in [1.29, 1.82) is 0 Å². The number of nitrogens with zero attached hydrogens (tertiary/aromatic N) is 3. The van der Waals surface area contributed by atoms with Crippen LogP contribution in [0.15, 0.2) is 12.4 Å². The lowest BCUT2D eigenvalue weighted by atomic mass is 10.4. The highest BCUT2D eigenvalue weighted by molar-refractivity contribution is 7.85. The second-order valence-corrected chi connectivity index (χ2v) is 5.10. The van der Waals surface area contributed by atoms with Gasteiger partial charge >= 0.3 is 0 Å². The topological polar surface area (TPSA) is 72.1 Å². The van der Waals surface area contributed by atoms with E-state index in [9.17, 15) is 4.21 Å². The summed E-state index contributed by atoms with van der Waals surface area (Å²) in [5, 5.41) is 0. The van der Waals surface area contributed by atoms with Crippen LogP contribution in [0.4, 0.5) is 5.82 Å². The molecule has 0 spiro atoms. The summed E-state index contributed by atoms with van der Waals surface area (Å²) in [7, 11) is -0.656. The van der Waals surface area contributed by atoms with Crippen molar-refractivity contribution in [2.45, 2.75) is 6.54 Å². The minimum atomic E-state index is -0.656. The van der Waals surface area contributed by atoms with Crippen LogP contribution in [-0.2, 0) is 17.3 Å². The summed E-state index contributed by atoms with van der Waals surface area (Å²) < 4.78 is 11.2. The molecule has 6 heteroatoms. The predicted molar refractivity (Wildman–Crippen MR) is 60.0 cm³/mol. The Morgan fingerprint density at radius 3 is 2.80 bits per heavy atom. The Bertz CT molecular complexity index is 361. The first-order valence-electron chi connectivity index (χ1n) is 4.90. The van der Waals surface area contributed by atoms with E-state index in [1.54, 1.807) is 12.4 Å². The van der Waals surface area contributed by atoms with Gasteiger partial charge in [-0.1, -0.05) is 0 Å². The smallest absolute Gasteiger partial charge is 0.147 e. The molecule has 0 bridgehead atoms.